The number of furan rings is 1. The van der Waals surface area contributed by atoms with Crippen LogP contribution in [0.15, 0.2) is 67.4 Å². The van der Waals surface area contributed by atoms with Crippen molar-refractivity contribution in [3.05, 3.63) is 70.3 Å². The highest BCUT2D eigenvalue weighted by atomic mass is 32.2. The van der Waals surface area contributed by atoms with E-state index < -0.39 is 0 Å². The van der Waals surface area contributed by atoms with Crippen molar-refractivity contribution in [2.75, 3.05) is 0 Å². The largest absolute Gasteiger partial charge is 0.448 e. The lowest BCUT2D eigenvalue weighted by Crippen LogP contribution is -2.26. The number of fused-ring (bicyclic) bond motifs is 3. The molecule has 8 heteroatoms. The fourth-order valence-electron chi connectivity index (χ4n) is 4.56. The van der Waals surface area contributed by atoms with Crippen LogP contribution in [0.5, 0.6) is 0 Å². The van der Waals surface area contributed by atoms with Gasteiger partial charge in [0, 0.05) is 17.0 Å². The summed E-state index contributed by atoms with van der Waals surface area (Å²) in [6.45, 7) is 2.03. The van der Waals surface area contributed by atoms with E-state index in [-0.39, 0.29) is 11.6 Å². The average Bonchev–Trinajstić information content (AvgIpc) is 3.58. The summed E-state index contributed by atoms with van der Waals surface area (Å²) >= 11 is 1.45. The Labute approximate surface area is 193 Å². The van der Waals surface area contributed by atoms with Gasteiger partial charge in [-0.25, -0.2) is 4.98 Å². The van der Waals surface area contributed by atoms with Gasteiger partial charge in [-0.05, 0) is 38.0 Å². The second kappa shape index (κ2) is 8.19. The van der Waals surface area contributed by atoms with Gasteiger partial charge in [-0.15, -0.1) is 0 Å². The molecule has 1 saturated carbocycles. The second-order valence-corrected chi connectivity index (χ2v) is 9.40. The van der Waals surface area contributed by atoms with Crippen molar-refractivity contribution in [2.45, 2.75) is 49.6 Å². The highest BCUT2D eigenvalue weighted by molar-refractivity contribution is 7.98. The van der Waals surface area contributed by atoms with Gasteiger partial charge in [-0.1, -0.05) is 65.7 Å². The summed E-state index contributed by atoms with van der Waals surface area (Å²) in [5, 5.41) is 5.66. The number of thioether (sulfide) groups is 1. The van der Waals surface area contributed by atoms with Crippen LogP contribution in [0, 0.1) is 6.92 Å². The van der Waals surface area contributed by atoms with Crippen molar-refractivity contribution in [2.24, 2.45) is 0 Å². The first-order valence-electron chi connectivity index (χ1n) is 11.1. The Morgan fingerprint density at radius 3 is 2.79 bits per heavy atom. The first-order chi connectivity index (χ1) is 16.2. The van der Waals surface area contributed by atoms with Crippen LogP contribution in [-0.2, 0) is 5.75 Å². The molecule has 0 saturated heterocycles. The number of aryl methyl sites for hydroxylation is 1. The lowest BCUT2D eigenvalue weighted by Gasteiger charge is -2.17. The van der Waals surface area contributed by atoms with Gasteiger partial charge in [0.1, 0.15) is 11.1 Å². The van der Waals surface area contributed by atoms with Gasteiger partial charge >= 0.3 is 0 Å². The highest BCUT2D eigenvalue weighted by Gasteiger charge is 2.25. The summed E-state index contributed by atoms with van der Waals surface area (Å²) in [5.74, 6) is 1.49. The quantitative estimate of drug-likeness (QED) is 0.239. The van der Waals surface area contributed by atoms with Gasteiger partial charge in [0.25, 0.3) is 5.56 Å². The molecule has 3 aromatic heterocycles. The predicted octanol–water partition coefficient (Wildman–Crippen LogP) is 5.91. The third kappa shape index (κ3) is 3.64. The molecule has 0 spiro atoms. The fourth-order valence-corrected chi connectivity index (χ4v) is 5.46. The molecule has 0 radical (unpaired) electrons. The molecule has 7 nitrogen and oxygen atoms in total. The molecule has 1 fully saturated rings. The van der Waals surface area contributed by atoms with Gasteiger partial charge in [-0.2, -0.15) is 4.98 Å². The van der Waals surface area contributed by atoms with E-state index in [0.717, 1.165) is 42.2 Å². The Bertz CT molecular complexity index is 1530. The molecule has 2 aromatic carbocycles. The Balaban J connectivity index is 1.38. The minimum atomic E-state index is -0.114. The van der Waals surface area contributed by atoms with Gasteiger partial charge in [0.2, 0.25) is 17.3 Å². The summed E-state index contributed by atoms with van der Waals surface area (Å²) in [7, 11) is 0. The Morgan fingerprint density at radius 1 is 1.09 bits per heavy atom. The first-order valence-corrected chi connectivity index (χ1v) is 12.1. The summed E-state index contributed by atoms with van der Waals surface area (Å²) in [6, 6.07) is 15.8. The molecule has 6 rings (SSSR count). The molecule has 3 heterocycles. The number of para-hydroxylation sites is 1. The number of hydrogen-bond donors (Lipinski definition) is 0. The third-order valence-electron chi connectivity index (χ3n) is 6.15. The number of hydrogen-bond acceptors (Lipinski definition) is 7. The molecule has 0 amide bonds. The van der Waals surface area contributed by atoms with Crippen LogP contribution < -0.4 is 5.56 Å². The van der Waals surface area contributed by atoms with Gasteiger partial charge in [0.05, 0.1) is 5.75 Å². The maximum Gasteiger partial charge on any atom is 0.298 e. The van der Waals surface area contributed by atoms with Crippen LogP contribution in [-0.4, -0.2) is 19.7 Å². The van der Waals surface area contributed by atoms with Crippen LogP contribution in [0.3, 0.4) is 0 Å². The lowest BCUT2D eigenvalue weighted by molar-refractivity contribution is 0.391. The van der Waals surface area contributed by atoms with E-state index in [4.69, 9.17) is 13.9 Å². The van der Waals surface area contributed by atoms with E-state index in [2.05, 4.69) is 10.1 Å². The third-order valence-corrected chi connectivity index (χ3v) is 7.09. The van der Waals surface area contributed by atoms with Gasteiger partial charge in [-0.3, -0.25) is 9.36 Å². The minimum Gasteiger partial charge on any atom is -0.448 e. The highest BCUT2D eigenvalue weighted by Crippen LogP contribution is 2.35. The van der Waals surface area contributed by atoms with E-state index in [1.54, 1.807) is 0 Å². The zero-order valence-electron chi connectivity index (χ0n) is 18.2. The number of benzene rings is 2. The predicted molar refractivity (Wildman–Crippen MR) is 127 cm³/mol. The zero-order valence-corrected chi connectivity index (χ0v) is 19.0. The second-order valence-electron chi connectivity index (χ2n) is 8.45. The maximum absolute atomic E-state index is 13.5. The summed E-state index contributed by atoms with van der Waals surface area (Å²) in [4.78, 5) is 23.0. The lowest BCUT2D eigenvalue weighted by atomic mass is 10.1. The molecular weight excluding hydrogens is 436 g/mol. The van der Waals surface area contributed by atoms with Crippen molar-refractivity contribution in [1.29, 1.82) is 0 Å². The van der Waals surface area contributed by atoms with E-state index in [1.165, 1.54) is 11.8 Å². The van der Waals surface area contributed by atoms with E-state index in [0.29, 0.717) is 39.3 Å². The van der Waals surface area contributed by atoms with Crippen LogP contribution in [0.25, 0.3) is 33.5 Å². The Morgan fingerprint density at radius 2 is 1.94 bits per heavy atom. The molecule has 5 aromatic rings. The van der Waals surface area contributed by atoms with Gasteiger partial charge in [0.15, 0.2) is 5.16 Å². The number of nitrogens with zero attached hydrogens (tertiary/aromatic N) is 4. The summed E-state index contributed by atoms with van der Waals surface area (Å²) < 4.78 is 13.2. The van der Waals surface area contributed by atoms with E-state index in [1.807, 2.05) is 60.0 Å². The van der Waals surface area contributed by atoms with Crippen molar-refractivity contribution in [3.63, 3.8) is 0 Å². The maximum atomic E-state index is 13.5. The van der Waals surface area contributed by atoms with Crippen LogP contribution in [0.2, 0.25) is 0 Å². The molecule has 0 aliphatic heterocycles. The molecule has 1 aliphatic carbocycles. The van der Waals surface area contributed by atoms with Crippen LogP contribution >= 0.6 is 11.8 Å². The SMILES string of the molecule is Cc1cccc(-c2noc(CSc3nc4c(oc5ccccc54)c(=O)n3C3CCCC3)n2)c1. The molecule has 0 N–H and O–H groups in total. The van der Waals surface area contributed by atoms with Crippen molar-refractivity contribution in [3.8, 4) is 11.4 Å². The molecule has 0 bridgehead atoms. The normalized spacial score (nSPS) is 14.6. The first kappa shape index (κ1) is 20.2. The number of aromatic nitrogens is 4. The Kier molecular flexibility index (Phi) is 5.02. The van der Waals surface area contributed by atoms with Crippen LogP contribution in [0.1, 0.15) is 43.2 Å². The van der Waals surface area contributed by atoms with Crippen molar-refractivity contribution < 1.29 is 8.94 Å². The summed E-state index contributed by atoms with van der Waals surface area (Å²) in [5.41, 5.74) is 3.56. The fraction of sp³-hybridized carbons (Fsp3) is 0.280. The van der Waals surface area contributed by atoms with Crippen molar-refractivity contribution >= 4 is 33.8 Å². The average molecular weight is 459 g/mol. The molecule has 1 aliphatic rings. The molecule has 0 atom stereocenters. The zero-order chi connectivity index (χ0) is 22.4. The number of rotatable bonds is 5. The smallest absolute Gasteiger partial charge is 0.298 e. The van der Waals surface area contributed by atoms with Crippen LogP contribution in [0.4, 0.5) is 0 Å². The molecule has 33 heavy (non-hydrogen) atoms. The minimum absolute atomic E-state index is 0.114. The summed E-state index contributed by atoms with van der Waals surface area (Å²) in [6.07, 6.45) is 4.17. The topological polar surface area (TPSA) is 87.0 Å². The standard InChI is InChI=1S/C25H22N4O3S/c1-15-7-6-8-16(13-15)23-26-20(32-28-23)14-33-25-27-21-18-11-4-5-12-19(18)31-22(21)24(30)29(25)17-9-2-3-10-17/h4-8,11-13,17H,2-3,9-10,14H2,1H3. The van der Waals surface area contributed by atoms with Crippen molar-refractivity contribution in [1.82, 2.24) is 19.7 Å². The molecule has 0 unspecified atom stereocenters. The monoisotopic (exact) mass is 458 g/mol. The molecule has 166 valence electrons. The molecular formula is C25H22N4O3S. The van der Waals surface area contributed by atoms with Gasteiger partial charge < -0.3 is 8.94 Å². The Hall–Kier alpha value is -3.39. The van der Waals surface area contributed by atoms with E-state index >= 15 is 0 Å². The van der Waals surface area contributed by atoms with E-state index in [9.17, 15) is 4.79 Å².